The molecule has 2 aromatic carbocycles. The summed E-state index contributed by atoms with van der Waals surface area (Å²) in [5.74, 6) is -0.476. The lowest BCUT2D eigenvalue weighted by molar-refractivity contribution is -0.132. The van der Waals surface area contributed by atoms with E-state index < -0.39 is 10.0 Å². The zero-order chi connectivity index (χ0) is 19.6. The number of hydrogen-bond donors (Lipinski definition) is 1. The number of carbonyl (C=O) groups excluding carboxylic acids is 1. The number of carbonyl (C=O) groups is 1. The second kappa shape index (κ2) is 7.48. The Labute approximate surface area is 157 Å². The molecule has 0 bridgehead atoms. The molecule has 1 atom stereocenters. The number of benzene rings is 2. The van der Waals surface area contributed by atoms with Crippen LogP contribution in [0.3, 0.4) is 0 Å². The highest BCUT2D eigenvalue weighted by molar-refractivity contribution is 7.92. The highest BCUT2D eigenvalue weighted by Crippen LogP contribution is 2.33. The first-order valence-corrected chi connectivity index (χ1v) is 10.4. The first-order chi connectivity index (χ1) is 12.8. The molecule has 0 radical (unpaired) electrons. The Morgan fingerprint density at radius 3 is 2.59 bits per heavy atom. The van der Waals surface area contributed by atoms with Crippen LogP contribution in [0.4, 0.5) is 10.1 Å². The van der Waals surface area contributed by atoms with Crippen LogP contribution >= 0.6 is 0 Å². The fourth-order valence-electron chi connectivity index (χ4n) is 3.00. The molecule has 1 aliphatic rings. The number of rotatable bonds is 5. The molecule has 1 aliphatic heterocycles. The first kappa shape index (κ1) is 19.0. The maximum absolute atomic E-state index is 13.3. The molecule has 8 heteroatoms. The highest BCUT2D eigenvalue weighted by atomic mass is 32.2. The van der Waals surface area contributed by atoms with Gasteiger partial charge in [0.25, 0.3) is 0 Å². The van der Waals surface area contributed by atoms with E-state index in [-0.39, 0.29) is 17.8 Å². The molecule has 1 unspecified atom stereocenters. The van der Waals surface area contributed by atoms with Gasteiger partial charge in [0.2, 0.25) is 15.9 Å². The van der Waals surface area contributed by atoms with Crippen LogP contribution in [0.2, 0.25) is 0 Å². The maximum atomic E-state index is 13.3. The summed E-state index contributed by atoms with van der Waals surface area (Å²) in [6.45, 7) is 1.76. The van der Waals surface area contributed by atoms with E-state index in [1.807, 2.05) is 6.07 Å². The minimum atomic E-state index is -3.39. The standard InChI is InChI=1S/C19H20FN3O3S/c1-3-19(24)23-18(13-7-9-15(20)10-8-13)12-17(21-23)14-5-4-6-16(11-14)22-27(2,25)26/h4-11,18,22H,3,12H2,1-2H3. The molecule has 6 nitrogen and oxygen atoms in total. The summed E-state index contributed by atoms with van der Waals surface area (Å²) in [5.41, 5.74) is 2.61. The van der Waals surface area contributed by atoms with E-state index in [0.29, 0.717) is 24.2 Å². The van der Waals surface area contributed by atoms with Gasteiger partial charge in [-0.15, -0.1) is 0 Å². The third kappa shape index (κ3) is 4.51. The van der Waals surface area contributed by atoms with Crippen LogP contribution in [0.25, 0.3) is 0 Å². The lowest BCUT2D eigenvalue weighted by Crippen LogP contribution is -2.26. The van der Waals surface area contributed by atoms with Crippen molar-refractivity contribution < 1.29 is 17.6 Å². The summed E-state index contributed by atoms with van der Waals surface area (Å²) < 4.78 is 38.6. The number of amides is 1. The van der Waals surface area contributed by atoms with Crippen molar-refractivity contribution in [3.63, 3.8) is 0 Å². The van der Waals surface area contributed by atoms with Crippen LogP contribution in [0.1, 0.15) is 36.9 Å². The number of hydrogen-bond acceptors (Lipinski definition) is 4. The van der Waals surface area contributed by atoms with Crippen LogP contribution in [-0.4, -0.2) is 31.3 Å². The molecule has 0 saturated heterocycles. The van der Waals surface area contributed by atoms with Gasteiger partial charge in [0.05, 0.1) is 18.0 Å². The number of nitrogens with zero attached hydrogens (tertiary/aromatic N) is 2. The second-order valence-corrected chi connectivity index (χ2v) is 8.11. The van der Waals surface area contributed by atoms with Gasteiger partial charge in [-0.3, -0.25) is 9.52 Å². The zero-order valence-electron chi connectivity index (χ0n) is 15.0. The lowest BCUT2D eigenvalue weighted by Gasteiger charge is -2.21. The molecule has 0 aliphatic carbocycles. The SMILES string of the molecule is CCC(=O)N1N=C(c2cccc(NS(C)(=O)=O)c2)CC1c1ccc(F)cc1. The van der Waals surface area contributed by atoms with Crippen molar-refractivity contribution in [2.45, 2.75) is 25.8 Å². The van der Waals surface area contributed by atoms with Crippen molar-refractivity contribution in [3.05, 3.63) is 65.5 Å². The molecule has 1 N–H and O–H groups in total. The maximum Gasteiger partial charge on any atom is 0.242 e. The smallest absolute Gasteiger partial charge is 0.242 e. The molecule has 2 aromatic rings. The Morgan fingerprint density at radius 2 is 1.96 bits per heavy atom. The van der Waals surface area contributed by atoms with Gasteiger partial charge in [-0.25, -0.2) is 17.8 Å². The first-order valence-electron chi connectivity index (χ1n) is 8.50. The van der Waals surface area contributed by atoms with Crippen molar-refractivity contribution in [1.82, 2.24) is 5.01 Å². The van der Waals surface area contributed by atoms with Crippen LogP contribution in [0.5, 0.6) is 0 Å². The number of nitrogens with one attached hydrogen (secondary N) is 1. The van der Waals surface area contributed by atoms with E-state index >= 15 is 0 Å². The molecule has 3 rings (SSSR count). The molecule has 0 aromatic heterocycles. The van der Waals surface area contributed by atoms with Crippen molar-refractivity contribution in [3.8, 4) is 0 Å². The number of anilines is 1. The van der Waals surface area contributed by atoms with Gasteiger partial charge in [0.1, 0.15) is 5.82 Å². The Balaban J connectivity index is 1.93. The Hall–Kier alpha value is -2.74. The van der Waals surface area contributed by atoms with Gasteiger partial charge in [-0.05, 0) is 35.4 Å². The summed E-state index contributed by atoms with van der Waals surface area (Å²) in [7, 11) is -3.39. The van der Waals surface area contributed by atoms with Crippen LogP contribution in [0, 0.1) is 5.82 Å². The van der Waals surface area contributed by atoms with E-state index in [2.05, 4.69) is 9.82 Å². The lowest BCUT2D eigenvalue weighted by atomic mass is 9.98. The van der Waals surface area contributed by atoms with Crippen LogP contribution in [-0.2, 0) is 14.8 Å². The van der Waals surface area contributed by atoms with Gasteiger partial charge < -0.3 is 0 Å². The van der Waals surface area contributed by atoms with E-state index in [1.165, 1.54) is 17.1 Å². The summed E-state index contributed by atoms with van der Waals surface area (Å²) in [5, 5.41) is 5.91. The molecule has 0 spiro atoms. The summed E-state index contributed by atoms with van der Waals surface area (Å²) in [4.78, 5) is 12.3. The van der Waals surface area contributed by atoms with Gasteiger partial charge in [-0.2, -0.15) is 5.10 Å². The largest absolute Gasteiger partial charge is 0.284 e. The van der Waals surface area contributed by atoms with Crippen molar-refractivity contribution in [1.29, 1.82) is 0 Å². The topological polar surface area (TPSA) is 78.8 Å². The molecular weight excluding hydrogens is 369 g/mol. The van der Waals surface area contributed by atoms with Gasteiger partial charge in [0.15, 0.2) is 0 Å². The fourth-order valence-corrected chi connectivity index (χ4v) is 3.55. The monoisotopic (exact) mass is 389 g/mol. The van der Waals surface area contributed by atoms with Gasteiger partial charge >= 0.3 is 0 Å². The molecule has 27 heavy (non-hydrogen) atoms. The summed E-state index contributed by atoms with van der Waals surface area (Å²) in [6, 6.07) is 12.6. The third-order valence-corrected chi connectivity index (χ3v) is 4.83. The Morgan fingerprint density at radius 1 is 1.26 bits per heavy atom. The molecule has 0 saturated carbocycles. The molecular formula is C19H20FN3O3S. The van der Waals surface area contributed by atoms with Crippen molar-refractivity contribution in [2.24, 2.45) is 5.10 Å². The number of sulfonamides is 1. The number of halogens is 1. The minimum absolute atomic E-state index is 0.134. The second-order valence-electron chi connectivity index (χ2n) is 6.37. The van der Waals surface area contributed by atoms with Crippen LogP contribution in [0.15, 0.2) is 53.6 Å². The Bertz CT molecular complexity index is 988. The van der Waals surface area contributed by atoms with E-state index in [9.17, 15) is 17.6 Å². The van der Waals surface area contributed by atoms with Crippen molar-refractivity contribution in [2.75, 3.05) is 11.0 Å². The fraction of sp³-hybridized carbons (Fsp3) is 0.263. The van der Waals surface area contributed by atoms with Gasteiger partial charge in [-0.1, -0.05) is 31.2 Å². The highest BCUT2D eigenvalue weighted by Gasteiger charge is 2.32. The summed E-state index contributed by atoms with van der Waals surface area (Å²) in [6.07, 6.45) is 1.84. The third-order valence-electron chi connectivity index (χ3n) is 4.22. The van der Waals surface area contributed by atoms with Gasteiger partial charge in [0, 0.05) is 18.5 Å². The van der Waals surface area contributed by atoms with E-state index in [1.54, 1.807) is 37.3 Å². The average Bonchev–Trinajstić information content (AvgIpc) is 3.06. The predicted octanol–water partition coefficient (Wildman–Crippen LogP) is 3.28. The van der Waals surface area contributed by atoms with Crippen LogP contribution < -0.4 is 4.72 Å². The molecule has 142 valence electrons. The van der Waals surface area contributed by atoms with Crippen molar-refractivity contribution >= 4 is 27.3 Å². The average molecular weight is 389 g/mol. The normalized spacial score (nSPS) is 16.9. The predicted molar refractivity (Wildman–Crippen MR) is 102 cm³/mol. The van der Waals surface area contributed by atoms with E-state index in [0.717, 1.165) is 17.4 Å². The number of hydrazone groups is 1. The zero-order valence-corrected chi connectivity index (χ0v) is 15.8. The van der Waals surface area contributed by atoms with E-state index in [4.69, 9.17) is 0 Å². The molecule has 1 heterocycles. The summed E-state index contributed by atoms with van der Waals surface area (Å²) >= 11 is 0. The quantitative estimate of drug-likeness (QED) is 0.852. The molecule has 0 fully saturated rings. The Kier molecular flexibility index (Phi) is 5.27. The minimum Gasteiger partial charge on any atom is -0.284 e. The molecule has 1 amide bonds.